The highest BCUT2D eigenvalue weighted by Crippen LogP contribution is 2.26. The molecule has 3 unspecified atom stereocenters. The largest absolute Gasteiger partial charge is 0.0654 e. The van der Waals surface area contributed by atoms with Crippen LogP contribution >= 0.6 is 0 Å². The van der Waals surface area contributed by atoms with Gasteiger partial charge in [-0.15, -0.1) is 0 Å². The molecule has 3 atom stereocenters. The van der Waals surface area contributed by atoms with Gasteiger partial charge in [0.15, 0.2) is 0 Å². The molecule has 0 rings (SSSR count). The fraction of sp³-hybridized carbons (Fsp3) is 1.00. The molecule has 98 valence electrons. The summed E-state index contributed by atoms with van der Waals surface area (Å²) in [5, 5.41) is 0. The van der Waals surface area contributed by atoms with E-state index in [9.17, 15) is 0 Å². The highest BCUT2D eigenvalue weighted by Gasteiger charge is 2.13. The van der Waals surface area contributed by atoms with Gasteiger partial charge in [0.2, 0.25) is 0 Å². The Balaban J connectivity index is 3.71. The molecule has 0 fully saturated rings. The monoisotopic (exact) mass is 226 g/mol. The normalized spacial score (nSPS) is 17.1. The lowest BCUT2D eigenvalue weighted by molar-refractivity contribution is 0.296. The number of unbranched alkanes of at least 4 members (excludes halogenated alkanes) is 1. The minimum absolute atomic E-state index is 0.928. The zero-order valence-corrected chi connectivity index (χ0v) is 12.4. The molecular weight excluding hydrogens is 192 g/mol. The van der Waals surface area contributed by atoms with E-state index in [4.69, 9.17) is 0 Å². The maximum atomic E-state index is 2.46. The van der Waals surface area contributed by atoms with Crippen LogP contribution in [0.25, 0.3) is 0 Å². The summed E-state index contributed by atoms with van der Waals surface area (Å²) < 4.78 is 0. The van der Waals surface area contributed by atoms with Gasteiger partial charge in [-0.2, -0.15) is 0 Å². The fourth-order valence-electron chi connectivity index (χ4n) is 2.55. The molecule has 0 heterocycles. The van der Waals surface area contributed by atoms with E-state index in [1.165, 1.54) is 51.4 Å². The van der Waals surface area contributed by atoms with Crippen LogP contribution in [0.4, 0.5) is 0 Å². The van der Waals surface area contributed by atoms with Crippen LogP contribution < -0.4 is 0 Å². The highest BCUT2D eigenvalue weighted by molar-refractivity contribution is 4.65. The molecule has 0 aromatic heterocycles. The first-order valence-electron chi connectivity index (χ1n) is 7.65. The van der Waals surface area contributed by atoms with Crippen molar-refractivity contribution in [1.29, 1.82) is 0 Å². The van der Waals surface area contributed by atoms with Crippen molar-refractivity contribution in [2.45, 2.75) is 86.0 Å². The molecule has 0 aromatic rings. The third kappa shape index (κ3) is 7.30. The highest BCUT2D eigenvalue weighted by atomic mass is 14.2. The van der Waals surface area contributed by atoms with Gasteiger partial charge in [0.25, 0.3) is 0 Å². The first-order valence-corrected chi connectivity index (χ1v) is 7.65. The van der Waals surface area contributed by atoms with E-state index in [2.05, 4.69) is 34.6 Å². The molecule has 0 saturated heterocycles. The Hall–Kier alpha value is 0. The second kappa shape index (κ2) is 10.2. The zero-order chi connectivity index (χ0) is 12.4. The molecule has 0 N–H and O–H groups in total. The summed E-state index contributed by atoms with van der Waals surface area (Å²) in [6.07, 6.45) is 11.3. The lowest BCUT2D eigenvalue weighted by Crippen LogP contribution is -2.10. The van der Waals surface area contributed by atoms with E-state index >= 15 is 0 Å². The van der Waals surface area contributed by atoms with Gasteiger partial charge in [-0.3, -0.25) is 0 Å². The van der Waals surface area contributed by atoms with E-state index in [0.717, 1.165) is 17.8 Å². The topological polar surface area (TPSA) is 0 Å². The van der Waals surface area contributed by atoms with Crippen molar-refractivity contribution in [1.82, 2.24) is 0 Å². The van der Waals surface area contributed by atoms with Crippen LogP contribution in [0.2, 0.25) is 0 Å². The number of rotatable bonds is 10. The molecule has 0 radical (unpaired) electrons. The third-order valence-corrected chi connectivity index (χ3v) is 4.29. The molecule has 0 aliphatic carbocycles. The van der Waals surface area contributed by atoms with Gasteiger partial charge in [0, 0.05) is 0 Å². The maximum Gasteiger partial charge on any atom is -0.0417 e. The van der Waals surface area contributed by atoms with Gasteiger partial charge in [-0.05, 0) is 17.8 Å². The van der Waals surface area contributed by atoms with Crippen LogP contribution in [0.5, 0.6) is 0 Å². The maximum absolute atomic E-state index is 2.46. The molecule has 0 heteroatoms. The van der Waals surface area contributed by atoms with Crippen molar-refractivity contribution in [2.75, 3.05) is 0 Å². The predicted molar refractivity (Wildman–Crippen MR) is 75.8 cm³/mol. The zero-order valence-electron chi connectivity index (χ0n) is 12.4. The Morgan fingerprint density at radius 3 is 1.81 bits per heavy atom. The van der Waals surface area contributed by atoms with E-state index in [1.54, 1.807) is 0 Å². The van der Waals surface area contributed by atoms with E-state index in [-0.39, 0.29) is 0 Å². The standard InChI is InChI=1S/C16H34/c1-6-9-11-14(4)15(5)12-13-16(8-3)10-7-2/h14-16H,6-13H2,1-5H3. The number of hydrogen-bond donors (Lipinski definition) is 0. The Labute approximate surface area is 104 Å². The van der Waals surface area contributed by atoms with Crippen LogP contribution in [0.1, 0.15) is 86.0 Å². The molecule has 0 amide bonds. The van der Waals surface area contributed by atoms with Gasteiger partial charge in [0.05, 0.1) is 0 Å². The lowest BCUT2D eigenvalue weighted by atomic mass is 9.84. The van der Waals surface area contributed by atoms with Crippen molar-refractivity contribution in [3.63, 3.8) is 0 Å². The van der Waals surface area contributed by atoms with E-state index in [0.29, 0.717) is 0 Å². The quantitative estimate of drug-likeness (QED) is 0.425. The molecule has 0 saturated carbocycles. The fourth-order valence-corrected chi connectivity index (χ4v) is 2.55. The summed E-state index contributed by atoms with van der Waals surface area (Å²) in [6, 6.07) is 0. The molecule has 0 bridgehead atoms. The molecule has 0 aliphatic heterocycles. The van der Waals surface area contributed by atoms with Crippen LogP contribution in [-0.4, -0.2) is 0 Å². The van der Waals surface area contributed by atoms with Crippen molar-refractivity contribution >= 4 is 0 Å². The average Bonchev–Trinajstić information content (AvgIpc) is 2.30. The van der Waals surface area contributed by atoms with Crippen molar-refractivity contribution in [3.8, 4) is 0 Å². The summed E-state index contributed by atoms with van der Waals surface area (Å²) >= 11 is 0. The molecular formula is C16H34. The lowest BCUT2D eigenvalue weighted by Gasteiger charge is -2.22. The summed E-state index contributed by atoms with van der Waals surface area (Å²) in [6.45, 7) is 11.9. The van der Waals surface area contributed by atoms with Crippen LogP contribution in [0.15, 0.2) is 0 Å². The Morgan fingerprint density at radius 1 is 0.688 bits per heavy atom. The molecule has 0 spiro atoms. The second-order valence-corrected chi connectivity index (χ2v) is 5.74. The second-order valence-electron chi connectivity index (χ2n) is 5.74. The Bertz CT molecular complexity index is 139. The van der Waals surface area contributed by atoms with Crippen LogP contribution in [0.3, 0.4) is 0 Å². The van der Waals surface area contributed by atoms with E-state index < -0.39 is 0 Å². The smallest absolute Gasteiger partial charge is 0.0417 e. The van der Waals surface area contributed by atoms with Crippen LogP contribution in [-0.2, 0) is 0 Å². The minimum atomic E-state index is 0.928. The molecule has 16 heavy (non-hydrogen) atoms. The van der Waals surface area contributed by atoms with Crippen molar-refractivity contribution in [2.24, 2.45) is 17.8 Å². The summed E-state index contributed by atoms with van der Waals surface area (Å²) in [4.78, 5) is 0. The van der Waals surface area contributed by atoms with Gasteiger partial charge in [-0.1, -0.05) is 86.0 Å². The summed E-state index contributed by atoms with van der Waals surface area (Å²) in [5.74, 6) is 2.85. The molecule has 0 aromatic carbocycles. The average molecular weight is 226 g/mol. The van der Waals surface area contributed by atoms with Gasteiger partial charge < -0.3 is 0 Å². The summed E-state index contributed by atoms with van der Waals surface area (Å²) in [7, 11) is 0. The number of hydrogen-bond acceptors (Lipinski definition) is 0. The van der Waals surface area contributed by atoms with Gasteiger partial charge in [0.1, 0.15) is 0 Å². The first-order chi connectivity index (χ1) is 7.65. The third-order valence-electron chi connectivity index (χ3n) is 4.29. The Morgan fingerprint density at radius 2 is 1.31 bits per heavy atom. The van der Waals surface area contributed by atoms with Crippen LogP contribution in [0, 0.1) is 17.8 Å². The first kappa shape index (κ1) is 16.0. The SMILES string of the molecule is CCCCC(C)C(C)CCC(CC)CCC. The van der Waals surface area contributed by atoms with Crippen molar-refractivity contribution < 1.29 is 0 Å². The van der Waals surface area contributed by atoms with Gasteiger partial charge >= 0.3 is 0 Å². The molecule has 0 aliphatic rings. The van der Waals surface area contributed by atoms with Crippen molar-refractivity contribution in [3.05, 3.63) is 0 Å². The van der Waals surface area contributed by atoms with E-state index in [1.807, 2.05) is 0 Å². The Kier molecular flexibility index (Phi) is 10.2. The van der Waals surface area contributed by atoms with Gasteiger partial charge in [-0.25, -0.2) is 0 Å². The summed E-state index contributed by atoms with van der Waals surface area (Å²) in [5.41, 5.74) is 0. The minimum Gasteiger partial charge on any atom is -0.0654 e. The molecule has 0 nitrogen and oxygen atoms in total. The predicted octanol–water partition coefficient (Wildman–Crippen LogP) is 6.06.